The molecule has 1 rings (SSSR count). The summed E-state index contributed by atoms with van der Waals surface area (Å²) in [6, 6.07) is 7.10. The summed E-state index contributed by atoms with van der Waals surface area (Å²) in [4.78, 5) is 10.9. The van der Waals surface area contributed by atoms with Crippen LogP contribution in [0.15, 0.2) is 36.9 Å². The van der Waals surface area contributed by atoms with E-state index in [1.165, 1.54) is 0 Å². The highest BCUT2D eigenvalue weighted by atomic mass is 35.5. The number of para-hydroxylation sites is 1. The maximum absolute atomic E-state index is 10.9. The molecule has 0 atom stereocenters. The molecular weight excluding hydrogens is 186 g/mol. The van der Waals surface area contributed by atoms with Gasteiger partial charge in [-0.05, 0) is 23.7 Å². The molecule has 1 N–H and O–H groups in total. The van der Waals surface area contributed by atoms with E-state index in [2.05, 4.69) is 11.9 Å². The predicted octanol–water partition coefficient (Wildman–Crippen LogP) is 2.66. The standard InChI is InChI=1S/C10H10ClNO/c1-2-7-12-9-6-4-3-5-8(9)10(11)13/h2-6,12H,1,7H2. The maximum atomic E-state index is 10.9. The fourth-order valence-electron chi connectivity index (χ4n) is 0.991. The molecule has 0 aliphatic rings. The van der Waals surface area contributed by atoms with Gasteiger partial charge in [-0.2, -0.15) is 0 Å². The molecule has 0 aliphatic heterocycles. The third-order valence-electron chi connectivity index (χ3n) is 1.58. The number of hydrogen-bond acceptors (Lipinski definition) is 2. The number of rotatable bonds is 4. The maximum Gasteiger partial charge on any atom is 0.254 e. The SMILES string of the molecule is C=CCNc1ccccc1C(=O)Cl. The van der Waals surface area contributed by atoms with Crippen molar-refractivity contribution in [2.75, 3.05) is 11.9 Å². The smallest absolute Gasteiger partial charge is 0.254 e. The number of hydrogen-bond donors (Lipinski definition) is 1. The summed E-state index contributed by atoms with van der Waals surface area (Å²) >= 11 is 5.38. The number of carbonyl (C=O) groups is 1. The lowest BCUT2D eigenvalue weighted by Gasteiger charge is -2.06. The monoisotopic (exact) mass is 195 g/mol. The Morgan fingerprint density at radius 2 is 2.23 bits per heavy atom. The van der Waals surface area contributed by atoms with Crippen molar-refractivity contribution in [3.63, 3.8) is 0 Å². The molecule has 2 nitrogen and oxygen atoms in total. The van der Waals surface area contributed by atoms with E-state index in [4.69, 9.17) is 11.6 Å². The second-order valence-electron chi connectivity index (χ2n) is 2.49. The zero-order valence-electron chi connectivity index (χ0n) is 7.09. The van der Waals surface area contributed by atoms with Crippen LogP contribution in [0, 0.1) is 0 Å². The highest BCUT2D eigenvalue weighted by molar-refractivity contribution is 6.68. The van der Waals surface area contributed by atoms with Crippen LogP contribution in [0.1, 0.15) is 10.4 Å². The highest BCUT2D eigenvalue weighted by Gasteiger charge is 2.05. The van der Waals surface area contributed by atoms with E-state index in [9.17, 15) is 4.79 Å². The molecule has 0 unspecified atom stereocenters. The number of anilines is 1. The minimum absolute atomic E-state index is 0.452. The molecule has 0 spiro atoms. The highest BCUT2D eigenvalue weighted by Crippen LogP contribution is 2.16. The summed E-state index contributed by atoms with van der Waals surface area (Å²) in [5.41, 5.74) is 1.23. The van der Waals surface area contributed by atoms with Crippen LogP contribution in [0.5, 0.6) is 0 Å². The molecule has 0 aromatic heterocycles. The van der Waals surface area contributed by atoms with Crippen LogP contribution in [0.25, 0.3) is 0 Å². The molecule has 0 heterocycles. The van der Waals surface area contributed by atoms with Gasteiger partial charge < -0.3 is 5.32 Å². The summed E-state index contributed by atoms with van der Waals surface area (Å²) in [5.74, 6) is 0. The van der Waals surface area contributed by atoms with Crippen LogP contribution in [0.2, 0.25) is 0 Å². The van der Waals surface area contributed by atoms with E-state index >= 15 is 0 Å². The summed E-state index contributed by atoms with van der Waals surface area (Å²) in [6.45, 7) is 4.18. The average molecular weight is 196 g/mol. The second kappa shape index (κ2) is 4.67. The average Bonchev–Trinajstić information content (AvgIpc) is 2.15. The van der Waals surface area contributed by atoms with Crippen molar-refractivity contribution < 1.29 is 4.79 Å². The fourth-order valence-corrected chi connectivity index (χ4v) is 1.16. The Morgan fingerprint density at radius 1 is 1.54 bits per heavy atom. The number of carbonyl (C=O) groups excluding carboxylic acids is 1. The Morgan fingerprint density at radius 3 is 2.85 bits per heavy atom. The molecular formula is C10H10ClNO. The zero-order valence-corrected chi connectivity index (χ0v) is 7.84. The van der Waals surface area contributed by atoms with Gasteiger partial charge in [0.15, 0.2) is 0 Å². The lowest BCUT2D eigenvalue weighted by atomic mass is 10.2. The molecule has 0 amide bonds. The van der Waals surface area contributed by atoms with Crippen molar-refractivity contribution in [1.82, 2.24) is 0 Å². The molecule has 1 aromatic carbocycles. The second-order valence-corrected chi connectivity index (χ2v) is 2.83. The Balaban J connectivity index is 2.90. The van der Waals surface area contributed by atoms with Gasteiger partial charge in [-0.3, -0.25) is 4.79 Å². The van der Waals surface area contributed by atoms with Gasteiger partial charge in [-0.15, -0.1) is 6.58 Å². The van der Waals surface area contributed by atoms with Crippen LogP contribution in [-0.4, -0.2) is 11.8 Å². The van der Waals surface area contributed by atoms with Crippen LogP contribution in [-0.2, 0) is 0 Å². The van der Waals surface area contributed by atoms with Gasteiger partial charge in [-0.25, -0.2) is 0 Å². The zero-order chi connectivity index (χ0) is 9.68. The van der Waals surface area contributed by atoms with Crippen LogP contribution in [0.4, 0.5) is 5.69 Å². The number of halogens is 1. The Kier molecular flexibility index (Phi) is 3.53. The van der Waals surface area contributed by atoms with E-state index in [0.717, 1.165) is 5.69 Å². The van der Waals surface area contributed by atoms with Crippen LogP contribution in [0.3, 0.4) is 0 Å². The van der Waals surface area contributed by atoms with E-state index in [1.54, 1.807) is 24.3 Å². The normalized spacial score (nSPS) is 9.31. The van der Waals surface area contributed by atoms with Gasteiger partial charge in [0.25, 0.3) is 5.24 Å². The van der Waals surface area contributed by atoms with Crippen molar-refractivity contribution in [3.8, 4) is 0 Å². The molecule has 0 saturated carbocycles. The minimum Gasteiger partial charge on any atom is -0.381 e. The quantitative estimate of drug-likeness (QED) is 0.591. The summed E-state index contributed by atoms with van der Waals surface area (Å²) < 4.78 is 0. The number of benzene rings is 1. The molecule has 0 saturated heterocycles. The molecule has 0 radical (unpaired) electrons. The Bertz CT molecular complexity index is 322. The molecule has 68 valence electrons. The lowest BCUT2D eigenvalue weighted by molar-refractivity contribution is 0.108. The van der Waals surface area contributed by atoms with Gasteiger partial charge >= 0.3 is 0 Å². The topological polar surface area (TPSA) is 29.1 Å². The van der Waals surface area contributed by atoms with E-state index < -0.39 is 5.24 Å². The molecule has 13 heavy (non-hydrogen) atoms. The summed E-state index contributed by atoms with van der Waals surface area (Å²) in [7, 11) is 0. The molecule has 1 aromatic rings. The first kappa shape index (κ1) is 9.81. The van der Waals surface area contributed by atoms with E-state index in [1.807, 2.05) is 6.07 Å². The predicted molar refractivity (Wildman–Crippen MR) is 55.3 cm³/mol. The van der Waals surface area contributed by atoms with Crippen LogP contribution < -0.4 is 5.32 Å². The van der Waals surface area contributed by atoms with Crippen LogP contribution >= 0.6 is 11.6 Å². The molecule has 0 bridgehead atoms. The largest absolute Gasteiger partial charge is 0.381 e. The van der Waals surface area contributed by atoms with Crippen molar-refractivity contribution in [3.05, 3.63) is 42.5 Å². The first-order valence-electron chi connectivity index (χ1n) is 3.89. The molecule has 0 aliphatic carbocycles. The van der Waals surface area contributed by atoms with Crippen molar-refractivity contribution in [2.45, 2.75) is 0 Å². The van der Waals surface area contributed by atoms with Gasteiger partial charge in [0.1, 0.15) is 0 Å². The Labute approximate surface area is 82.2 Å². The first-order valence-corrected chi connectivity index (χ1v) is 4.27. The van der Waals surface area contributed by atoms with E-state index in [0.29, 0.717) is 12.1 Å². The van der Waals surface area contributed by atoms with Gasteiger partial charge in [-0.1, -0.05) is 18.2 Å². The van der Waals surface area contributed by atoms with Gasteiger partial charge in [0, 0.05) is 12.2 Å². The first-order chi connectivity index (χ1) is 6.25. The van der Waals surface area contributed by atoms with Gasteiger partial charge in [0.05, 0.1) is 5.56 Å². The summed E-state index contributed by atoms with van der Waals surface area (Å²) in [5, 5.41) is 2.57. The van der Waals surface area contributed by atoms with Crippen molar-refractivity contribution >= 4 is 22.5 Å². The van der Waals surface area contributed by atoms with Crippen molar-refractivity contribution in [2.24, 2.45) is 0 Å². The molecule has 0 fully saturated rings. The third-order valence-corrected chi connectivity index (χ3v) is 1.78. The van der Waals surface area contributed by atoms with Crippen molar-refractivity contribution in [1.29, 1.82) is 0 Å². The van der Waals surface area contributed by atoms with E-state index in [-0.39, 0.29) is 0 Å². The Hall–Kier alpha value is -1.28. The summed E-state index contributed by atoms with van der Waals surface area (Å²) in [6.07, 6.45) is 1.72. The fraction of sp³-hybridized carbons (Fsp3) is 0.100. The molecule has 3 heteroatoms. The third kappa shape index (κ3) is 2.60. The minimum atomic E-state index is -0.452. The van der Waals surface area contributed by atoms with Gasteiger partial charge in [0.2, 0.25) is 0 Å². The number of nitrogens with one attached hydrogen (secondary N) is 1. The lowest BCUT2D eigenvalue weighted by Crippen LogP contribution is -2.02.